The molecule has 1 aliphatic carbocycles. The molecule has 0 fully saturated rings. The van der Waals surface area contributed by atoms with E-state index in [1.54, 1.807) is 6.33 Å². The number of hydrogen-bond donors (Lipinski definition) is 2. The van der Waals surface area contributed by atoms with E-state index in [2.05, 4.69) is 62.4 Å². The number of nitrogens with zero attached hydrogens (tertiary/aromatic N) is 4. The van der Waals surface area contributed by atoms with Crippen LogP contribution < -0.4 is 10.6 Å². The van der Waals surface area contributed by atoms with E-state index in [0.717, 1.165) is 31.3 Å². The molecule has 1 atom stereocenters. The Kier molecular flexibility index (Phi) is 6.26. The quantitative estimate of drug-likeness (QED) is 0.618. The molecule has 0 saturated carbocycles. The summed E-state index contributed by atoms with van der Waals surface area (Å²) in [6.45, 7) is 5.88. The van der Waals surface area contributed by atoms with Crippen molar-refractivity contribution in [2.45, 2.75) is 58.5 Å². The second-order valence-electron chi connectivity index (χ2n) is 6.89. The van der Waals surface area contributed by atoms with Crippen LogP contribution in [0.25, 0.3) is 0 Å². The molecule has 6 nitrogen and oxygen atoms in total. The number of fused-ring (bicyclic) bond motifs is 1. The summed E-state index contributed by atoms with van der Waals surface area (Å²) in [5.74, 6) is 1.83. The number of aromatic nitrogens is 3. The van der Waals surface area contributed by atoms with Gasteiger partial charge in [0.25, 0.3) is 0 Å². The fraction of sp³-hybridized carbons (Fsp3) is 0.550. The average molecular weight is 355 g/mol. The van der Waals surface area contributed by atoms with Crippen molar-refractivity contribution < 1.29 is 0 Å². The molecule has 1 aromatic heterocycles. The van der Waals surface area contributed by atoms with Crippen molar-refractivity contribution in [2.24, 2.45) is 4.99 Å². The summed E-state index contributed by atoms with van der Waals surface area (Å²) in [7, 11) is 1.81. The molecule has 0 bridgehead atoms. The maximum Gasteiger partial charge on any atom is 0.191 e. The van der Waals surface area contributed by atoms with Gasteiger partial charge in [-0.25, -0.2) is 0 Å². The molecule has 0 spiro atoms. The molecule has 3 rings (SSSR count). The van der Waals surface area contributed by atoms with Gasteiger partial charge in [0.2, 0.25) is 0 Å². The Labute approximate surface area is 156 Å². The lowest BCUT2D eigenvalue weighted by Crippen LogP contribution is -2.40. The molecule has 1 aromatic carbocycles. The number of aryl methyl sites for hydroxylation is 3. The van der Waals surface area contributed by atoms with Gasteiger partial charge < -0.3 is 15.2 Å². The fourth-order valence-electron chi connectivity index (χ4n) is 3.54. The van der Waals surface area contributed by atoms with E-state index in [0.29, 0.717) is 0 Å². The number of nitrogens with one attached hydrogen (secondary N) is 2. The van der Waals surface area contributed by atoms with E-state index in [1.807, 2.05) is 7.05 Å². The first-order chi connectivity index (χ1) is 12.7. The van der Waals surface area contributed by atoms with E-state index in [1.165, 1.54) is 42.4 Å². The highest BCUT2D eigenvalue weighted by Crippen LogP contribution is 2.24. The standard InChI is InChI=1S/C20H30N6/c1-4-19-25-23-14-26(19)12-11-22-20(21-3)24-15(2)17-10-9-16-7-5-6-8-18(16)13-17/h9-10,13-15H,4-8,11-12H2,1-3H3,(H2,21,22,24). The van der Waals surface area contributed by atoms with Gasteiger partial charge in [0, 0.05) is 26.6 Å². The van der Waals surface area contributed by atoms with Crippen LogP contribution in [0.4, 0.5) is 0 Å². The van der Waals surface area contributed by atoms with Crippen LogP contribution in [0.3, 0.4) is 0 Å². The maximum atomic E-state index is 4.36. The van der Waals surface area contributed by atoms with Gasteiger partial charge in [-0.15, -0.1) is 10.2 Å². The number of aliphatic imine (C=N–C) groups is 1. The van der Waals surface area contributed by atoms with Crippen molar-refractivity contribution >= 4 is 5.96 Å². The van der Waals surface area contributed by atoms with Crippen molar-refractivity contribution in [3.63, 3.8) is 0 Å². The van der Waals surface area contributed by atoms with Gasteiger partial charge in [0.05, 0.1) is 6.04 Å². The number of guanidine groups is 1. The summed E-state index contributed by atoms with van der Waals surface area (Å²) in [6, 6.07) is 7.13. The SMILES string of the molecule is CCc1nncn1CCNC(=NC)NC(C)c1ccc2c(c1)CCCC2. The molecule has 2 N–H and O–H groups in total. The monoisotopic (exact) mass is 354 g/mol. The Morgan fingerprint density at radius 2 is 2.08 bits per heavy atom. The summed E-state index contributed by atoms with van der Waals surface area (Å²) < 4.78 is 2.08. The molecule has 1 aliphatic rings. The van der Waals surface area contributed by atoms with Crippen LogP contribution in [0.1, 0.15) is 55.2 Å². The van der Waals surface area contributed by atoms with Crippen LogP contribution in [0.2, 0.25) is 0 Å². The van der Waals surface area contributed by atoms with Crippen molar-refractivity contribution in [3.8, 4) is 0 Å². The van der Waals surface area contributed by atoms with Gasteiger partial charge in [0.1, 0.15) is 12.2 Å². The smallest absolute Gasteiger partial charge is 0.191 e. The molecule has 0 amide bonds. The van der Waals surface area contributed by atoms with E-state index in [9.17, 15) is 0 Å². The highest BCUT2D eigenvalue weighted by atomic mass is 15.3. The molecule has 140 valence electrons. The third-order valence-electron chi connectivity index (χ3n) is 5.11. The molecular weight excluding hydrogens is 324 g/mol. The van der Waals surface area contributed by atoms with Crippen molar-refractivity contribution in [1.29, 1.82) is 0 Å². The Hall–Kier alpha value is -2.37. The lowest BCUT2D eigenvalue weighted by molar-refractivity contribution is 0.619. The molecule has 1 unspecified atom stereocenters. The van der Waals surface area contributed by atoms with Gasteiger partial charge in [-0.1, -0.05) is 25.1 Å². The van der Waals surface area contributed by atoms with E-state index in [4.69, 9.17) is 0 Å². The summed E-state index contributed by atoms with van der Waals surface area (Å²) in [5, 5.41) is 15.0. The van der Waals surface area contributed by atoms with Crippen molar-refractivity contribution in [1.82, 2.24) is 25.4 Å². The summed E-state index contributed by atoms with van der Waals surface area (Å²) in [4.78, 5) is 4.36. The van der Waals surface area contributed by atoms with E-state index in [-0.39, 0.29) is 6.04 Å². The third-order valence-corrected chi connectivity index (χ3v) is 5.11. The summed E-state index contributed by atoms with van der Waals surface area (Å²) in [6.07, 6.45) is 7.74. The highest BCUT2D eigenvalue weighted by Gasteiger charge is 2.13. The predicted molar refractivity (Wildman–Crippen MR) is 105 cm³/mol. The minimum atomic E-state index is 0.217. The first kappa shape index (κ1) is 18.4. The molecule has 2 aromatic rings. The zero-order valence-electron chi connectivity index (χ0n) is 16.1. The zero-order valence-corrected chi connectivity index (χ0v) is 16.1. The minimum Gasteiger partial charge on any atom is -0.355 e. The number of benzene rings is 1. The summed E-state index contributed by atoms with van der Waals surface area (Å²) >= 11 is 0. The highest BCUT2D eigenvalue weighted by molar-refractivity contribution is 5.80. The van der Waals surface area contributed by atoms with Gasteiger partial charge in [-0.05, 0) is 49.3 Å². The average Bonchev–Trinajstić information content (AvgIpc) is 3.14. The lowest BCUT2D eigenvalue weighted by atomic mass is 9.89. The van der Waals surface area contributed by atoms with Crippen molar-refractivity contribution in [3.05, 3.63) is 47.0 Å². The van der Waals surface area contributed by atoms with E-state index >= 15 is 0 Å². The third kappa shape index (κ3) is 4.42. The Morgan fingerprint density at radius 3 is 2.85 bits per heavy atom. The first-order valence-electron chi connectivity index (χ1n) is 9.66. The normalized spacial score (nSPS) is 15.4. The topological polar surface area (TPSA) is 67.1 Å². The predicted octanol–water partition coefficient (Wildman–Crippen LogP) is 2.65. The second-order valence-corrected chi connectivity index (χ2v) is 6.89. The molecule has 1 heterocycles. The Bertz CT molecular complexity index is 749. The first-order valence-corrected chi connectivity index (χ1v) is 9.66. The van der Waals surface area contributed by atoms with Crippen molar-refractivity contribution in [2.75, 3.05) is 13.6 Å². The van der Waals surface area contributed by atoms with Crippen LogP contribution >= 0.6 is 0 Å². The molecular formula is C20H30N6. The van der Waals surface area contributed by atoms with Gasteiger partial charge in [0.15, 0.2) is 5.96 Å². The molecule has 6 heteroatoms. The lowest BCUT2D eigenvalue weighted by Gasteiger charge is -2.21. The molecule has 0 aliphatic heterocycles. The van der Waals surface area contributed by atoms with Gasteiger partial charge >= 0.3 is 0 Å². The fourth-order valence-corrected chi connectivity index (χ4v) is 3.54. The second kappa shape index (κ2) is 8.83. The van der Waals surface area contributed by atoms with Gasteiger partial charge in [-0.3, -0.25) is 4.99 Å². The van der Waals surface area contributed by atoms with Gasteiger partial charge in [-0.2, -0.15) is 0 Å². The molecule has 0 radical (unpaired) electrons. The number of hydrogen-bond acceptors (Lipinski definition) is 3. The summed E-state index contributed by atoms with van der Waals surface area (Å²) in [5.41, 5.74) is 4.36. The van der Waals surface area contributed by atoms with Crippen LogP contribution in [0.15, 0.2) is 29.5 Å². The Balaban J connectivity index is 1.54. The van der Waals surface area contributed by atoms with Crippen LogP contribution in [0, 0.1) is 0 Å². The molecule has 0 saturated heterocycles. The van der Waals surface area contributed by atoms with Crippen LogP contribution in [-0.4, -0.2) is 34.3 Å². The number of rotatable bonds is 6. The maximum absolute atomic E-state index is 4.36. The molecule has 26 heavy (non-hydrogen) atoms. The van der Waals surface area contributed by atoms with Crippen LogP contribution in [-0.2, 0) is 25.8 Å². The Morgan fingerprint density at radius 1 is 1.27 bits per heavy atom. The largest absolute Gasteiger partial charge is 0.355 e. The van der Waals surface area contributed by atoms with Crippen LogP contribution in [0.5, 0.6) is 0 Å². The zero-order chi connectivity index (χ0) is 18.4. The van der Waals surface area contributed by atoms with E-state index < -0.39 is 0 Å². The minimum absolute atomic E-state index is 0.217.